The van der Waals surface area contributed by atoms with Crippen molar-refractivity contribution in [3.8, 4) is 23.3 Å². The van der Waals surface area contributed by atoms with Crippen LogP contribution in [-0.4, -0.2) is 13.7 Å². The Labute approximate surface area is 123 Å². The van der Waals surface area contributed by atoms with E-state index >= 15 is 0 Å². The standard InChI is InChI=1S/C17H16FNO2/c1-20-15-9-8-13(5-4-10-19)14(11-15)12-21-17-7-3-2-6-16(17)18/h2-3,6-9,11H,10,12,19H2,1H3. The van der Waals surface area contributed by atoms with E-state index in [4.69, 9.17) is 15.2 Å². The zero-order chi connectivity index (χ0) is 15.1. The minimum Gasteiger partial charge on any atom is -0.497 e. The largest absolute Gasteiger partial charge is 0.497 e. The topological polar surface area (TPSA) is 44.5 Å². The molecule has 0 unspecified atom stereocenters. The molecule has 0 saturated carbocycles. The predicted molar refractivity (Wildman–Crippen MR) is 79.7 cm³/mol. The Morgan fingerprint density at radius 1 is 1.19 bits per heavy atom. The lowest BCUT2D eigenvalue weighted by Crippen LogP contribution is -2.01. The molecule has 0 aliphatic heterocycles. The average Bonchev–Trinajstić information content (AvgIpc) is 2.52. The first-order chi connectivity index (χ1) is 10.2. The van der Waals surface area contributed by atoms with Crippen molar-refractivity contribution in [2.75, 3.05) is 13.7 Å². The van der Waals surface area contributed by atoms with Gasteiger partial charge in [-0.3, -0.25) is 0 Å². The van der Waals surface area contributed by atoms with Gasteiger partial charge in [0.15, 0.2) is 11.6 Å². The van der Waals surface area contributed by atoms with Gasteiger partial charge >= 0.3 is 0 Å². The normalized spacial score (nSPS) is 9.67. The van der Waals surface area contributed by atoms with Crippen LogP contribution in [0.5, 0.6) is 11.5 Å². The number of rotatable bonds is 4. The van der Waals surface area contributed by atoms with E-state index in [1.165, 1.54) is 6.07 Å². The van der Waals surface area contributed by atoms with Gasteiger partial charge in [-0.25, -0.2) is 4.39 Å². The summed E-state index contributed by atoms with van der Waals surface area (Å²) in [5.74, 6) is 6.28. The van der Waals surface area contributed by atoms with E-state index in [0.717, 1.165) is 11.1 Å². The van der Waals surface area contributed by atoms with Crippen molar-refractivity contribution in [2.24, 2.45) is 5.73 Å². The molecule has 108 valence electrons. The summed E-state index contributed by atoms with van der Waals surface area (Å²) in [5.41, 5.74) is 7.00. The van der Waals surface area contributed by atoms with Crippen molar-refractivity contribution in [2.45, 2.75) is 6.61 Å². The highest BCUT2D eigenvalue weighted by molar-refractivity contribution is 5.45. The molecular formula is C17H16FNO2. The third kappa shape index (κ3) is 3.98. The van der Waals surface area contributed by atoms with Crippen molar-refractivity contribution in [3.63, 3.8) is 0 Å². The molecule has 0 aliphatic rings. The molecule has 21 heavy (non-hydrogen) atoms. The zero-order valence-corrected chi connectivity index (χ0v) is 11.7. The van der Waals surface area contributed by atoms with Crippen LogP contribution in [0.15, 0.2) is 42.5 Å². The molecule has 0 amide bonds. The minimum absolute atomic E-state index is 0.201. The molecule has 0 aromatic heterocycles. The van der Waals surface area contributed by atoms with Crippen molar-refractivity contribution >= 4 is 0 Å². The molecule has 3 nitrogen and oxygen atoms in total. The van der Waals surface area contributed by atoms with Gasteiger partial charge in [0.1, 0.15) is 12.4 Å². The van der Waals surface area contributed by atoms with Gasteiger partial charge in [0.2, 0.25) is 0 Å². The molecule has 0 spiro atoms. The Morgan fingerprint density at radius 3 is 2.71 bits per heavy atom. The monoisotopic (exact) mass is 285 g/mol. The number of ether oxygens (including phenoxy) is 2. The molecule has 0 aliphatic carbocycles. The van der Waals surface area contributed by atoms with Crippen molar-refractivity contribution < 1.29 is 13.9 Å². The number of nitrogens with two attached hydrogens (primary N) is 1. The smallest absolute Gasteiger partial charge is 0.165 e. The summed E-state index contributed by atoms with van der Waals surface area (Å²) >= 11 is 0. The maximum atomic E-state index is 13.5. The first kappa shape index (κ1) is 14.9. The Balaban J connectivity index is 2.23. The van der Waals surface area contributed by atoms with Crippen molar-refractivity contribution in [1.29, 1.82) is 0 Å². The summed E-state index contributed by atoms with van der Waals surface area (Å²) in [5, 5.41) is 0. The van der Waals surface area contributed by atoms with Gasteiger partial charge in [-0.1, -0.05) is 24.0 Å². The molecule has 0 saturated heterocycles. The van der Waals surface area contributed by atoms with Crippen LogP contribution in [-0.2, 0) is 6.61 Å². The van der Waals surface area contributed by atoms with E-state index in [1.54, 1.807) is 25.3 Å². The van der Waals surface area contributed by atoms with Crippen LogP contribution < -0.4 is 15.2 Å². The van der Waals surface area contributed by atoms with Gasteiger partial charge in [-0.2, -0.15) is 0 Å². The van der Waals surface area contributed by atoms with E-state index in [0.29, 0.717) is 5.75 Å². The second kappa shape index (κ2) is 7.32. The van der Waals surface area contributed by atoms with Gasteiger partial charge in [0.25, 0.3) is 0 Å². The SMILES string of the molecule is COc1ccc(C#CCN)c(COc2ccccc2F)c1. The lowest BCUT2D eigenvalue weighted by Gasteiger charge is -2.10. The molecule has 2 aromatic rings. The van der Waals surface area contributed by atoms with Crippen LogP contribution in [0.25, 0.3) is 0 Å². The molecule has 2 aromatic carbocycles. The number of methoxy groups -OCH3 is 1. The molecular weight excluding hydrogens is 269 g/mol. The van der Waals surface area contributed by atoms with E-state index < -0.39 is 5.82 Å². The summed E-state index contributed by atoms with van der Waals surface area (Å²) in [6.45, 7) is 0.479. The quantitative estimate of drug-likeness (QED) is 0.878. The maximum absolute atomic E-state index is 13.5. The van der Waals surface area contributed by atoms with Gasteiger partial charge in [0.05, 0.1) is 13.7 Å². The molecule has 2 N–H and O–H groups in total. The molecule has 2 rings (SSSR count). The van der Waals surface area contributed by atoms with Crippen molar-refractivity contribution in [1.82, 2.24) is 0 Å². The fourth-order valence-electron chi connectivity index (χ4n) is 1.80. The van der Waals surface area contributed by atoms with Crippen LogP contribution in [0.2, 0.25) is 0 Å². The lowest BCUT2D eigenvalue weighted by atomic mass is 10.1. The Hall–Kier alpha value is -2.51. The summed E-state index contributed by atoms with van der Waals surface area (Å²) < 4.78 is 24.2. The number of para-hydroxylation sites is 1. The summed E-state index contributed by atoms with van der Waals surface area (Å²) in [6, 6.07) is 11.7. The lowest BCUT2D eigenvalue weighted by molar-refractivity contribution is 0.289. The van der Waals surface area contributed by atoms with Gasteiger partial charge in [-0.15, -0.1) is 0 Å². The second-order valence-corrected chi connectivity index (χ2v) is 4.25. The van der Waals surface area contributed by atoms with Gasteiger partial charge in [0, 0.05) is 11.1 Å². The molecule has 0 fully saturated rings. The molecule has 4 heteroatoms. The first-order valence-corrected chi connectivity index (χ1v) is 6.47. The fourth-order valence-corrected chi connectivity index (χ4v) is 1.80. The van der Waals surface area contributed by atoms with Gasteiger partial charge in [-0.05, 0) is 30.3 Å². The van der Waals surface area contributed by atoms with Crippen LogP contribution >= 0.6 is 0 Å². The maximum Gasteiger partial charge on any atom is 0.165 e. The zero-order valence-electron chi connectivity index (χ0n) is 11.7. The van der Waals surface area contributed by atoms with Crippen molar-refractivity contribution in [3.05, 3.63) is 59.4 Å². The van der Waals surface area contributed by atoms with E-state index in [1.807, 2.05) is 18.2 Å². The van der Waals surface area contributed by atoms with E-state index in [2.05, 4.69) is 11.8 Å². The molecule has 0 bridgehead atoms. The summed E-state index contributed by atoms with van der Waals surface area (Å²) in [6.07, 6.45) is 0. The minimum atomic E-state index is -0.394. The van der Waals surface area contributed by atoms with Crippen LogP contribution in [0.1, 0.15) is 11.1 Å². The average molecular weight is 285 g/mol. The Kier molecular flexibility index (Phi) is 5.19. The fraction of sp³-hybridized carbons (Fsp3) is 0.176. The van der Waals surface area contributed by atoms with Crippen LogP contribution in [0.3, 0.4) is 0 Å². The number of hydrogen-bond acceptors (Lipinski definition) is 3. The first-order valence-electron chi connectivity index (χ1n) is 6.47. The molecule has 0 atom stereocenters. The molecule has 0 radical (unpaired) electrons. The van der Waals surface area contributed by atoms with Gasteiger partial charge < -0.3 is 15.2 Å². The number of halogens is 1. The summed E-state index contributed by atoms with van der Waals surface area (Å²) in [4.78, 5) is 0. The third-order valence-electron chi connectivity index (χ3n) is 2.86. The Bertz CT molecular complexity index is 674. The van der Waals surface area contributed by atoms with E-state index in [9.17, 15) is 4.39 Å². The third-order valence-corrected chi connectivity index (χ3v) is 2.86. The predicted octanol–water partition coefficient (Wildman–Crippen LogP) is 2.72. The summed E-state index contributed by atoms with van der Waals surface area (Å²) in [7, 11) is 1.59. The highest BCUT2D eigenvalue weighted by Gasteiger charge is 2.06. The Morgan fingerprint density at radius 2 is 2.00 bits per heavy atom. The highest BCUT2D eigenvalue weighted by atomic mass is 19.1. The van der Waals surface area contributed by atoms with Crippen LogP contribution in [0, 0.1) is 17.7 Å². The highest BCUT2D eigenvalue weighted by Crippen LogP contribution is 2.21. The second-order valence-electron chi connectivity index (χ2n) is 4.25. The number of benzene rings is 2. The van der Waals surface area contributed by atoms with Crippen LogP contribution in [0.4, 0.5) is 4.39 Å². The molecule has 0 heterocycles. The van der Waals surface area contributed by atoms with E-state index in [-0.39, 0.29) is 18.9 Å². The number of hydrogen-bond donors (Lipinski definition) is 1.